The molecular weight excluding hydrogens is 326 g/mol. The van der Waals surface area contributed by atoms with E-state index in [9.17, 15) is 18.9 Å². The third kappa shape index (κ3) is 3.08. The van der Waals surface area contributed by atoms with Gasteiger partial charge in [0, 0.05) is 4.47 Å². The van der Waals surface area contributed by atoms with Gasteiger partial charge in [-0.2, -0.15) is 0 Å². The van der Waals surface area contributed by atoms with Crippen LogP contribution in [0.1, 0.15) is 5.76 Å². The molecule has 0 radical (unpaired) electrons. The summed E-state index contributed by atoms with van der Waals surface area (Å²) in [6.45, 7) is -0.0662. The van der Waals surface area contributed by atoms with Crippen LogP contribution in [-0.2, 0) is 6.54 Å². The molecular formula is C11H7BrF2N2O3. The number of benzene rings is 1. The van der Waals surface area contributed by atoms with Gasteiger partial charge < -0.3 is 9.73 Å². The summed E-state index contributed by atoms with van der Waals surface area (Å²) in [5, 5.41) is 12.9. The van der Waals surface area contributed by atoms with Crippen LogP contribution < -0.4 is 5.32 Å². The van der Waals surface area contributed by atoms with E-state index in [0.29, 0.717) is 0 Å². The van der Waals surface area contributed by atoms with Gasteiger partial charge in [0.15, 0.2) is 0 Å². The molecule has 0 atom stereocenters. The molecule has 1 aromatic heterocycles. The van der Waals surface area contributed by atoms with Crippen LogP contribution in [0.3, 0.4) is 0 Å². The zero-order valence-electron chi connectivity index (χ0n) is 9.32. The van der Waals surface area contributed by atoms with Crippen molar-refractivity contribution in [2.75, 3.05) is 5.32 Å². The number of hydrogen-bond donors (Lipinski definition) is 1. The van der Waals surface area contributed by atoms with Crippen molar-refractivity contribution in [3.05, 3.63) is 56.2 Å². The van der Waals surface area contributed by atoms with Crippen molar-refractivity contribution in [3.63, 3.8) is 0 Å². The third-order valence-corrected chi connectivity index (χ3v) is 2.73. The van der Waals surface area contributed by atoms with E-state index in [4.69, 9.17) is 4.42 Å². The minimum atomic E-state index is -0.770. The maximum absolute atomic E-state index is 13.5. The molecule has 2 aromatic rings. The second kappa shape index (κ2) is 5.35. The molecule has 2 rings (SSSR count). The van der Waals surface area contributed by atoms with E-state index in [2.05, 4.69) is 21.2 Å². The molecule has 0 saturated heterocycles. The van der Waals surface area contributed by atoms with Gasteiger partial charge in [-0.3, -0.25) is 10.1 Å². The average Bonchev–Trinajstić information content (AvgIpc) is 2.76. The van der Waals surface area contributed by atoms with Crippen LogP contribution in [-0.4, -0.2) is 4.92 Å². The molecule has 1 aromatic carbocycles. The second-order valence-electron chi connectivity index (χ2n) is 3.60. The van der Waals surface area contributed by atoms with Crippen LogP contribution in [0.15, 0.2) is 33.2 Å². The van der Waals surface area contributed by atoms with Crippen LogP contribution >= 0.6 is 15.9 Å². The van der Waals surface area contributed by atoms with Crippen LogP contribution in [0, 0.1) is 21.7 Å². The summed E-state index contributed by atoms with van der Waals surface area (Å²) in [5.74, 6) is -1.76. The zero-order chi connectivity index (χ0) is 14.0. The quantitative estimate of drug-likeness (QED) is 0.682. The maximum Gasteiger partial charge on any atom is 0.433 e. The molecule has 19 heavy (non-hydrogen) atoms. The fourth-order valence-corrected chi connectivity index (χ4v) is 1.85. The first-order valence-corrected chi connectivity index (χ1v) is 5.88. The van der Waals surface area contributed by atoms with Crippen molar-refractivity contribution >= 4 is 27.5 Å². The van der Waals surface area contributed by atoms with E-state index >= 15 is 0 Å². The normalized spacial score (nSPS) is 10.5. The summed E-state index contributed by atoms with van der Waals surface area (Å²) in [6.07, 6.45) is 0. The molecule has 0 fully saturated rings. The largest absolute Gasteiger partial charge is 0.433 e. The number of nitro groups is 1. The summed E-state index contributed by atoms with van der Waals surface area (Å²) < 4.78 is 32.1. The van der Waals surface area contributed by atoms with E-state index in [1.54, 1.807) is 0 Å². The average molecular weight is 333 g/mol. The van der Waals surface area contributed by atoms with Gasteiger partial charge in [-0.05, 0) is 18.2 Å². The van der Waals surface area contributed by atoms with Crippen molar-refractivity contribution in [1.82, 2.24) is 0 Å². The smallest absolute Gasteiger partial charge is 0.404 e. The predicted octanol–water partition coefficient (Wildman–Crippen LogP) is 3.84. The monoisotopic (exact) mass is 332 g/mol. The third-order valence-electron chi connectivity index (χ3n) is 2.27. The highest BCUT2D eigenvalue weighted by Gasteiger charge is 2.14. The summed E-state index contributed by atoms with van der Waals surface area (Å²) in [7, 11) is 0. The molecule has 0 amide bonds. The predicted molar refractivity (Wildman–Crippen MR) is 66.7 cm³/mol. The fourth-order valence-electron chi connectivity index (χ4n) is 1.45. The minimum Gasteiger partial charge on any atom is -0.404 e. The summed E-state index contributed by atoms with van der Waals surface area (Å²) in [5.41, 5.74) is -0.317. The van der Waals surface area contributed by atoms with E-state index < -0.39 is 22.4 Å². The van der Waals surface area contributed by atoms with E-state index in [-0.39, 0.29) is 22.5 Å². The lowest BCUT2D eigenvalue weighted by Gasteiger charge is -2.07. The number of nitrogens with one attached hydrogen (secondary N) is 1. The number of anilines is 1. The van der Waals surface area contributed by atoms with Crippen molar-refractivity contribution in [1.29, 1.82) is 0 Å². The van der Waals surface area contributed by atoms with Crippen LogP contribution in [0.2, 0.25) is 0 Å². The molecule has 0 saturated carbocycles. The summed E-state index contributed by atoms with van der Waals surface area (Å²) >= 11 is 2.96. The molecule has 0 aliphatic heterocycles. The van der Waals surface area contributed by atoms with Crippen molar-refractivity contribution in [2.45, 2.75) is 6.54 Å². The van der Waals surface area contributed by atoms with Gasteiger partial charge >= 0.3 is 5.88 Å². The first kappa shape index (κ1) is 13.5. The molecule has 0 bridgehead atoms. The van der Waals surface area contributed by atoms with Crippen molar-refractivity contribution < 1.29 is 18.1 Å². The zero-order valence-corrected chi connectivity index (χ0v) is 10.9. The first-order chi connectivity index (χ1) is 8.97. The Labute approximate surface area is 114 Å². The number of rotatable bonds is 4. The Bertz CT molecular complexity index is 607. The molecule has 5 nitrogen and oxygen atoms in total. The highest BCUT2D eigenvalue weighted by Crippen LogP contribution is 2.25. The van der Waals surface area contributed by atoms with Gasteiger partial charge in [0.05, 0.1) is 12.6 Å². The van der Waals surface area contributed by atoms with Gasteiger partial charge in [0.1, 0.15) is 28.0 Å². The lowest BCUT2D eigenvalue weighted by Crippen LogP contribution is -2.03. The van der Waals surface area contributed by atoms with Gasteiger partial charge in [-0.25, -0.2) is 8.78 Å². The summed E-state index contributed by atoms with van der Waals surface area (Å²) in [4.78, 5) is 9.71. The highest BCUT2D eigenvalue weighted by molar-refractivity contribution is 9.10. The van der Waals surface area contributed by atoms with E-state index in [0.717, 1.165) is 12.1 Å². The second-order valence-corrected chi connectivity index (χ2v) is 4.51. The Morgan fingerprint density at radius 3 is 2.47 bits per heavy atom. The molecule has 0 aliphatic rings. The molecule has 1 heterocycles. The number of nitrogens with zero attached hydrogens (tertiary/aromatic N) is 1. The topological polar surface area (TPSA) is 68.3 Å². The van der Waals surface area contributed by atoms with Crippen molar-refractivity contribution in [3.8, 4) is 0 Å². The molecule has 8 heteroatoms. The first-order valence-electron chi connectivity index (χ1n) is 5.09. The SMILES string of the molecule is O=[N+]([O-])c1ccc(CNc2c(F)cc(Br)cc2F)o1. The van der Waals surface area contributed by atoms with Gasteiger partial charge in [0.2, 0.25) is 0 Å². The highest BCUT2D eigenvalue weighted by atomic mass is 79.9. The number of halogens is 3. The standard InChI is InChI=1S/C11H7BrF2N2O3/c12-6-3-8(13)11(9(14)4-6)15-5-7-1-2-10(19-7)16(17)18/h1-4,15H,5H2. The minimum absolute atomic E-state index is 0.0662. The number of furan rings is 1. The Morgan fingerprint density at radius 1 is 1.32 bits per heavy atom. The molecule has 1 N–H and O–H groups in total. The van der Waals surface area contributed by atoms with Crippen LogP contribution in [0.25, 0.3) is 0 Å². The number of hydrogen-bond acceptors (Lipinski definition) is 4. The lowest BCUT2D eigenvalue weighted by atomic mass is 10.3. The van der Waals surface area contributed by atoms with Gasteiger partial charge in [0.25, 0.3) is 0 Å². The molecule has 0 unspecified atom stereocenters. The van der Waals surface area contributed by atoms with Crippen molar-refractivity contribution in [2.24, 2.45) is 0 Å². The van der Waals surface area contributed by atoms with Crippen LogP contribution in [0.5, 0.6) is 0 Å². The summed E-state index contributed by atoms with van der Waals surface area (Å²) in [6, 6.07) is 4.75. The van der Waals surface area contributed by atoms with Gasteiger partial charge in [-0.15, -0.1) is 0 Å². The molecule has 0 aliphatic carbocycles. The van der Waals surface area contributed by atoms with E-state index in [1.807, 2.05) is 0 Å². The Balaban J connectivity index is 2.12. The fraction of sp³-hybridized carbons (Fsp3) is 0.0909. The Hall–Kier alpha value is -1.96. The Morgan fingerprint density at radius 2 is 1.95 bits per heavy atom. The maximum atomic E-state index is 13.5. The lowest BCUT2D eigenvalue weighted by molar-refractivity contribution is -0.402. The van der Waals surface area contributed by atoms with E-state index in [1.165, 1.54) is 12.1 Å². The van der Waals surface area contributed by atoms with Crippen LogP contribution in [0.4, 0.5) is 20.4 Å². The Kier molecular flexibility index (Phi) is 3.79. The van der Waals surface area contributed by atoms with Gasteiger partial charge in [-0.1, -0.05) is 15.9 Å². The molecule has 0 spiro atoms. The molecule has 100 valence electrons.